The van der Waals surface area contributed by atoms with Crippen LogP contribution in [0.2, 0.25) is 0 Å². The molecule has 0 saturated carbocycles. The zero-order valence-corrected chi connectivity index (χ0v) is 10.2. The van der Waals surface area contributed by atoms with E-state index >= 15 is 0 Å². The van der Waals surface area contributed by atoms with E-state index in [0.29, 0.717) is 19.7 Å². The number of hydrogen-bond acceptors (Lipinski definition) is 4. The molecule has 1 heterocycles. The summed E-state index contributed by atoms with van der Waals surface area (Å²) >= 11 is 1.53. The quantitative estimate of drug-likeness (QED) is 0.711. The van der Waals surface area contributed by atoms with Crippen LogP contribution in [-0.2, 0) is 11.3 Å². The molecule has 0 radical (unpaired) electrons. The van der Waals surface area contributed by atoms with Gasteiger partial charge in [0, 0.05) is 31.3 Å². The van der Waals surface area contributed by atoms with Crippen LogP contribution in [0.25, 0.3) is 0 Å². The first kappa shape index (κ1) is 12.9. The molecular weight excluding hydrogens is 226 g/mol. The Morgan fingerprint density at radius 2 is 2.44 bits per heavy atom. The number of rotatable bonds is 7. The molecular formula is C10H17N3O2S. The van der Waals surface area contributed by atoms with Crippen LogP contribution in [0.4, 0.5) is 4.79 Å². The monoisotopic (exact) mass is 243 g/mol. The largest absolute Gasteiger partial charge is 0.382 e. The van der Waals surface area contributed by atoms with E-state index in [1.54, 1.807) is 6.20 Å². The molecule has 0 fully saturated rings. The van der Waals surface area contributed by atoms with Crippen molar-refractivity contribution in [2.75, 3.05) is 19.8 Å². The summed E-state index contributed by atoms with van der Waals surface area (Å²) in [4.78, 5) is 15.3. The van der Waals surface area contributed by atoms with Crippen molar-refractivity contribution < 1.29 is 9.53 Å². The number of carbonyl (C=O) groups is 1. The zero-order valence-electron chi connectivity index (χ0n) is 9.36. The molecule has 1 aromatic rings. The first-order chi connectivity index (χ1) is 7.83. The van der Waals surface area contributed by atoms with E-state index in [4.69, 9.17) is 4.74 Å². The summed E-state index contributed by atoms with van der Waals surface area (Å²) in [6.07, 6.45) is 2.56. The number of carbonyl (C=O) groups excluding carboxylic acids is 1. The third kappa shape index (κ3) is 5.67. The number of hydrogen-bond donors (Lipinski definition) is 2. The fourth-order valence-electron chi connectivity index (χ4n) is 1.08. The normalized spacial score (nSPS) is 10.1. The van der Waals surface area contributed by atoms with E-state index in [-0.39, 0.29) is 6.03 Å². The van der Waals surface area contributed by atoms with Crippen molar-refractivity contribution in [3.8, 4) is 0 Å². The number of nitrogens with one attached hydrogen (secondary N) is 2. The minimum Gasteiger partial charge on any atom is -0.382 e. The van der Waals surface area contributed by atoms with Crippen LogP contribution in [0.15, 0.2) is 11.6 Å². The maximum Gasteiger partial charge on any atom is 0.315 e. The maximum atomic E-state index is 11.3. The molecule has 90 valence electrons. The zero-order chi connectivity index (χ0) is 11.6. The molecule has 0 aromatic carbocycles. The molecule has 0 spiro atoms. The first-order valence-electron chi connectivity index (χ1n) is 5.30. The van der Waals surface area contributed by atoms with Crippen LogP contribution >= 0.6 is 11.3 Å². The van der Waals surface area contributed by atoms with E-state index in [2.05, 4.69) is 15.6 Å². The molecule has 0 aliphatic rings. The topological polar surface area (TPSA) is 63.2 Å². The SMILES string of the molecule is CCOCCCNC(=O)NCc1nccs1. The highest BCUT2D eigenvalue weighted by atomic mass is 32.1. The van der Waals surface area contributed by atoms with Gasteiger partial charge in [0.2, 0.25) is 0 Å². The van der Waals surface area contributed by atoms with Gasteiger partial charge >= 0.3 is 6.03 Å². The highest BCUT2D eigenvalue weighted by molar-refractivity contribution is 7.09. The Morgan fingerprint density at radius 3 is 3.12 bits per heavy atom. The lowest BCUT2D eigenvalue weighted by atomic mass is 10.4. The van der Waals surface area contributed by atoms with Crippen molar-refractivity contribution >= 4 is 17.4 Å². The Kier molecular flexibility index (Phi) is 6.52. The number of ether oxygens (including phenoxy) is 1. The second-order valence-electron chi connectivity index (χ2n) is 3.09. The first-order valence-corrected chi connectivity index (χ1v) is 6.18. The van der Waals surface area contributed by atoms with Crippen molar-refractivity contribution in [3.05, 3.63) is 16.6 Å². The van der Waals surface area contributed by atoms with Crippen molar-refractivity contribution in [2.24, 2.45) is 0 Å². The summed E-state index contributed by atoms with van der Waals surface area (Å²) in [5, 5.41) is 8.28. The lowest BCUT2D eigenvalue weighted by Crippen LogP contribution is -2.35. The predicted molar refractivity (Wildman–Crippen MR) is 63.5 cm³/mol. The van der Waals surface area contributed by atoms with Crippen LogP contribution in [0.3, 0.4) is 0 Å². The second kappa shape index (κ2) is 8.06. The number of nitrogens with zero attached hydrogens (tertiary/aromatic N) is 1. The minimum atomic E-state index is -0.160. The van der Waals surface area contributed by atoms with Crippen molar-refractivity contribution in [3.63, 3.8) is 0 Å². The summed E-state index contributed by atoms with van der Waals surface area (Å²) in [6, 6.07) is -0.160. The van der Waals surface area contributed by atoms with Gasteiger partial charge in [-0.3, -0.25) is 0 Å². The molecule has 2 N–H and O–H groups in total. The molecule has 0 bridgehead atoms. The minimum absolute atomic E-state index is 0.160. The lowest BCUT2D eigenvalue weighted by Gasteiger charge is -2.06. The molecule has 2 amide bonds. The van der Waals surface area contributed by atoms with E-state index in [1.165, 1.54) is 11.3 Å². The fraction of sp³-hybridized carbons (Fsp3) is 0.600. The molecule has 6 heteroatoms. The van der Waals surface area contributed by atoms with E-state index in [9.17, 15) is 4.79 Å². The average Bonchev–Trinajstić information content (AvgIpc) is 2.79. The summed E-state index contributed by atoms with van der Waals surface area (Å²) < 4.78 is 5.15. The molecule has 1 aromatic heterocycles. The Hall–Kier alpha value is -1.14. The third-order valence-corrected chi connectivity index (χ3v) is 2.62. The summed E-state index contributed by atoms with van der Waals surface area (Å²) in [7, 11) is 0. The molecule has 0 atom stereocenters. The Morgan fingerprint density at radius 1 is 1.56 bits per heavy atom. The molecule has 0 unspecified atom stereocenters. The Labute approximate surface area is 99.2 Å². The third-order valence-electron chi connectivity index (χ3n) is 1.84. The molecule has 16 heavy (non-hydrogen) atoms. The molecule has 1 rings (SSSR count). The maximum absolute atomic E-state index is 11.3. The van der Waals surface area contributed by atoms with Gasteiger partial charge in [-0.2, -0.15) is 0 Å². The highest BCUT2D eigenvalue weighted by Gasteiger charge is 2.00. The molecule has 5 nitrogen and oxygen atoms in total. The Bertz CT molecular complexity index is 290. The van der Waals surface area contributed by atoms with Gasteiger partial charge in [-0.05, 0) is 13.3 Å². The van der Waals surface area contributed by atoms with Crippen LogP contribution in [-0.4, -0.2) is 30.8 Å². The molecule has 0 aliphatic heterocycles. The van der Waals surface area contributed by atoms with Gasteiger partial charge in [0.15, 0.2) is 0 Å². The number of amides is 2. The van der Waals surface area contributed by atoms with Crippen molar-refractivity contribution in [1.82, 2.24) is 15.6 Å². The predicted octanol–water partition coefficient (Wildman–Crippen LogP) is 1.37. The van der Waals surface area contributed by atoms with Crippen LogP contribution in [0.5, 0.6) is 0 Å². The Balaban J connectivity index is 1.99. The summed E-state index contributed by atoms with van der Waals surface area (Å²) in [5.41, 5.74) is 0. The number of urea groups is 1. The molecule has 0 saturated heterocycles. The number of thiazole rings is 1. The van der Waals surface area contributed by atoms with Gasteiger partial charge in [-0.1, -0.05) is 0 Å². The standard InChI is InChI=1S/C10H17N3O2S/c1-2-15-6-3-4-12-10(14)13-8-9-11-5-7-16-9/h5,7H,2-4,6,8H2,1H3,(H2,12,13,14). The molecule has 0 aliphatic carbocycles. The van der Waals surface area contributed by atoms with Gasteiger partial charge < -0.3 is 15.4 Å². The summed E-state index contributed by atoms with van der Waals surface area (Å²) in [6.45, 7) is 4.46. The van der Waals surface area contributed by atoms with Crippen LogP contribution in [0, 0.1) is 0 Å². The van der Waals surface area contributed by atoms with Gasteiger partial charge in [-0.15, -0.1) is 11.3 Å². The van der Waals surface area contributed by atoms with E-state index < -0.39 is 0 Å². The van der Waals surface area contributed by atoms with Crippen molar-refractivity contribution in [1.29, 1.82) is 0 Å². The van der Waals surface area contributed by atoms with E-state index in [0.717, 1.165) is 18.0 Å². The van der Waals surface area contributed by atoms with Gasteiger partial charge in [0.05, 0.1) is 6.54 Å². The lowest BCUT2D eigenvalue weighted by molar-refractivity contribution is 0.145. The van der Waals surface area contributed by atoms with E-state index in [1.807, 2.05) is 12.3 Å². The van der Waals surface area contributed by atoms with Gasteiger partial charge in [0.25, 0.3) is 0 Å². The average molecular weight is 243 g/mol. The fourth-order valence-corrected chi connectivity index (χ4v) is 1.64. The second-order valence-corrected chi connectivity index (χ2v) is 4.06. The summed E-state index contributed by atoms with van der Waals surface area (Å²) in [5.74, 6) is 0. The van der Waals surface area contributed by atoms with Crippen molar-refractivity contribution in [2.45, 2.75) is 19.9 Å². The highest BCUT2D eigenvalue weighted by Crippen LogP contribution is 2.02. The van der Waals surface area contributed by atoms with Crippen LogP contribution < -0.4 is 10.6 Å². The van der Waals surface area contributed by atoms with Crippen LogP contribution in [0.1, 0.15) is 18.4 Å². The van der Waals surface area contributed by atoms with Gasteiger partial charge in [-0.25, -0.2) is 9.78 Å². The number of aromatic nitrogens is 1. The van der Waals surface area contributed by atoms with Gasteiger partial charge in [0.1, 0.15) is 5.01 Å². The smallest absolute Gasteiger partial charge is 0.315 e.